The van der Waals surface area contributed by atoms with Gasteiger partial charge in [0.05, 0.1) is 6.26 Å². The Morgan fingerprint density at radius 1 is 1.08 bits per heavy atom. The normalized spacial score (nSPS) is 22.9. The van der Waals surface area contributed by atoms with E-state index in [1.807, 2.05) is 18.7 Å². The van der Waals surface area contributed by atoms with Crippen molar-refractivity contribution in [2.24, 2.45) is 0 Å². The maximum Gasteiger partial charge on any atom is 0.251 e. The molecule has 9 heteroatoms. The van der Waals surface area contributed by atoms with E-state index in [4.69, 9.17) is 12.2 Å². The van der Waals surface area contributed by atoms with Crippen LogP contribution in [-0.4, -0.2) is 84.6 Å². The molecule has 0 aromatic rings. The number of carbonyl (C=O) groups excluding carboxylic acids is 1. The van der Waals surface area contributed by atoms with Gasteiger partial charge in [0, 0.05) is 32.7 Å². The van der Waals surface area contributed by atoms with Gasteiger partial charge in [-0.1, -0.05) is 6.42 Å². The zero-order valence-corrected chi connectivity index (χ0v) is 16.4. The Labute approximate surface area is 150 Å². The number of hydrogen-bond donors (Lipinski definition) is 1. The molecule has 2 saturated heterocycles. The van der Waals surface area contributed by atoms with Crippen molar-refractivity contribution in [3.8, 4) is 0 Å². The minimum Gasteiger partial charge on any atom is -0.335 e. The molecule has 7 nitrogen and oxygen atoms in total. The van der Waals surface area contributed by atoms with Gasteiger partial charge >= 0.3 is 0 Å². The number of carbonyl (C=O) groups is 1. The Balaban J connectivity index is 1.63. The molecule has 0 atom stereocenters. The van der Waals surface area contributed by atoms with E-state index in [0.717, 1.165) is 45.4 Å². The molecule has 1 amide bonds. The highest BCUT2D eigenvalue weighted by Gasteiger charge is 2.42. The number of nitrogens with one attached hydrogen (secondary N) is 1. The molecular weight excluding hydrogens is 348 g/mol. The zero-order chi connectivity index (χ0) is 18.0. The summed E-state index contributed by atoms with van der Waals surface area (Å²) in [7, 11) is -3.05. The smallest absolute Gasteiger partial charge is 0.251 e. The lowest BCUT2D eigenvalue weighted by molar-refractivity contribution is -0.125. The van der Waals surface area contributed by atoms with Crippen molar-refractivity contribution in [3.05, 3.63) is 0 Å². The topological polar surface area (TPSA) is 73.0 Å². The van der Waals surface area contributed by atoms with E-state index in [1.165, 1.54) is 6.26 Å². The second-order valence-electron chi connectivity index (χ2n) is 7.03. The van der Waals surface area contributed by atoms with Crippen molar-refractivity contribution in [2.75, 3.05) is 45.5 Å². The van der Waals surface area contributed by atoms with Gasteiger partial charge in [-0.25, -0.2) is 8.42 Å². The first-order chi connectivity index (χ1) is 11.1. The van der Waals surface area contributed by atoms with Gasteiger partial charge in [0.1, 0.15) is 5.54 Å². The molecule has 1 N–H and O–H groups in total. The van der Waals surface area contributed by atoms with Crippen molar-refractivity contribution in [3.63, 3.8) is 0 Å². The molecule has 0 aromatic carbocycles. The van der Waals surface area contributed by atoms with Gasteiger partial charge in [-0.3, -0.25) is 4.79 Å². The molecule has 138 valence electrons. The molecule has 0 aromatic heterocycles. The average Bonchev–Trinajstić information content (AvgIpc) is 2.68. The Morgan fingerprint density at radius 3 is 2.17 bits per heavy atom. The van der Waals surface area contributed by atoms with E-state index >= 15 is 0 Å². The SMILES string of the molecule is CC1(C)C(=O)NC(=S)N1CCCCCN1CCN(S(C)(=O)=O)CC1. The lowest BCUT2D eigenvalue weighted by Crippen LogP contribution is -2.48. The van der Waals surface area contributed by atoms with E-state index in [0.29, 0.717) is 18.2 Å². The van der Waals surface area contributed by atoms with Crippen LogP contribution in [-0.2, 0) is 14.8 Å². The van der Waals surface area contributed by atoms with Gasteiger partial charge in [-0.05, 0) is 45.5 Å². The number of amides is 1. The number of unbranched alkanes of at least 4 members (excludes halogenated alkanes) is 2. The molecule has 0 radical (unpaired) electrons. The molecule has 0 bridgehead atoms. The lowest BCUT2D eigenvalue weighted by Gasteiger charge is -2.33. The first-order valence-corrected chi connectivity index (χ1v) is 10.7. The maximum atomic E-state index is 11.8. The fraction of sp³-hybridized carbons (Fsp3) is 0.867. The zero-order valence-electron chi connectivity index (χ0n) is 14.7. The van der Waals surface area contributed by atoms with Crippen molar-refractivity contribution in [2.45, 2.75) is 38.6 Å². The minimum atomic E-state index is -3.05. The first-order valence-electron chi connectivity index (χ1n) is 8.43. The van der Waals surface area contributed by atoms with Gasteiger partial charge in [-0.15, -0.1) is 0 Å². The Hall–Kier alpha value is -0.770. The molecule has 0 unspecified atom stereocenters. The molecule has 24 heavy (non-hydrogen) atoms. The summed E-state index contributed by atoms with van der Waals surface area (Å²) in [6.07, 6.45) is 4.39. The summed E-state index contributed by atoms with van der Waals surface area (Å²) < 4.78 is 24.5. The number of rotatable bonds is 7. The van der Waals surface area contributed by atoms with E-state index in [9.17, 15) is 13.2 Å². The van der Waals surface area contributed by atoms with Crippen LogP contribution in [0.4, 0.5) is 0 Å². The van der Waals surface area contributed by atoms with Crippen LogP contribution in [0.15, 0.2) is 0 Å². The highest BCUT2D eigenvalue weighted by molar-refractivity contribution is 7.88. The first kappa shape index (κ1) is 19.6. The Morgan fingerprint density at radius 2 is 1.67 bits per heavy atom. The molecular formula is C15H28N4O3S2. The second-order valence-corrected chi connectivity index (χ2v) is 9.40. The standard InChI is InChI=1S/C15H28N4O3S2/c1-15(2)13(20)16-14(23)19(15)8-6-4-5-7-17-9-11-18(12-10-17)24(3,21)22/h4-12H2,1-3H3,(H,16,20,23). The van der Waals surface area contributed by atoms with Crippen molar-refractivity contribution < 1.29 is 13.2 Å². The number of thiocarbonyl (C=S) groups is 1. The molecule has 0 spiro atoms. The summed E-state index contributed by atoms with van der Waals surface area (Å²) in [6.45, 7) is 8.33. The summed E-state index contributed by atoms with van der Waals surface area (Å²) in [6, 6.07) is 0. The number of nitrogens with zero attached hydrogens (tertiary/aromatic N) is 3. The van der Waals surface area contributed by atoms with Gasteiger partial charge in [0.25, 0.3) is 5.91 Å². The average molecular weight is 377 g/mol. The lowest BCUT2D eigenvalue weighted by atomic mass is 10.0. The van der Waals surface area contributed by atoms with Gasteiger partial charge in [-0.2, -0.15) is 4.31 Å². The van der Waals surface area contributed by atoms with E-state index in [-0.39, 0.29) is 5.91 Å². The molecule has 2 aliphatic heterocycles. The third-order valence-electron chi connectivity index (χ3n) is 4.85. The van der Waals surface area contributed by atoms with Crippen LogP contribution in [0.25, 0.3) is 0 Å². The number of piperazine rings is 1. The molecule has 2 rings (SSSR count). The summed E-state index contributed by atoms with van der Waals surface area (Å²) in [5.74, 6) is -0.0313. The van der Waals surface area contributed by atoms with Crippen molar-refractivity contribution in [1.82, 2.24) is 19.4 Å². The molecule has 2 aliphatic rings. The van der Waals surface area contributed by atoms with Crippen molar-refractivity contribution >= 4 is 33.3 Å². The van der Waals surface area contributed by atoms with Crippen LogP contribution in [0.3, 0.4) is 0 Å². The molecule has 0 saturated carbocycles. The largest absolute Gasteiger partial charge is 0.335 e. The maximum absolute atomic E-state index is 11.8. The van der Waals surface area contributed by atoms with Gasteiger partial charge in [0.2, 0.25) is 10.0 Å². The summed E-state index contributed by atoms with van der Waals surface area (Å²) >= 11 is 5.22. The quantitative estimate of drug-likeness (QED) is 0.507. The van der Waals surface area contributed by atoms with Crippen LogP contribution in [0.2, 0.25) is 0 Å². The summed E-state index contributed by atoms with van der Waals surface area (Å²) in [4.78, 5) is 16.1. The van der Waals surface area contributed by atoms with Crippen molar-refractivity contribution in [1.29, 1.82) is 0 Å². The van der Waals surface area contributed by atoms with Crippen LogP contribution in [0, 0.1) is 0 Å². The van der Waals surface area contributed by atoms with Crippen LogP contribution < -0.4 is 5.32 Å². The van der Waals surface area contributed by atoms with Crippen LogP contribution in [0.1, 0.15) is 33.1 Å². The monoisotopic (exact) mass is 376 g/mol. The molecule has 0 aliphatic carbocycles. The van der Waals surface area contributed by atoms with Crippen LogP contribution in [0.5, 0.6) is 0 Å². The van der Waals surface area contributed by atoms with E-state index in [2.05, 4.69) is 10.2 Å². The summed E-state index contributed by atoms with van der Waals surface area (Å²) in [5.41, 5.74) is -0.556. The third-order valence-corrected chi connectivity index (χ3v) is 6.48. The Kier molecular flexibility index (Phi) is 6.22. The van der Waals surface area contributed by atoms with Gasteiger partial charge < -0.3 is 15.1 Å². The number of hydrogen-bond acceptors (Lipinski definition) is 5. The predicted molar refractivity (Wildman–Crippen MR) is 98.2 cm³/mol. The molecule has 2 heterocycles. The molecule has 2 fully saturated rings. The Bertz CT molecular complexity index is 584. The second kappa shape index (κ2) is 7.63. The summed E-state index contributed by atoms with van der Waals surface area (Å²) in [5, 5.41) is 3.25. The van der Waals surface area contributed by atoms with E-state index < -0.39 is 15.6 Å². The fourth-order valence-electron chi connectivity index (χ4n) is 3.14. The van der Waals surface area contributed by atoms with Crippen LogP contribution >= 0.6 is 12.2 Å². The highest BCUT2D eigenvalue weighted by Crippen LogP contribution is 2.21. The van der Waals surface area contributed by atoms with E-state index in [1.54, 1.807) is 4.31 Å². The van der Waals surface area contributed by atoms with Gasteiger partial charge in [0.15, 0.2) is 5.11 Å². The minimum absolute atomic E-state index is 0.0313. The fourth-order valence-corrected chi connectivity index (χ4v) is 4.38. The highest BCUT2D eigenvalue weighted by atomic mass is 32.2. The number of sulfonamides is 1. The predicted octanol–water partition coefficient (Wildman–Crippen LogP) is 0.229. The third kappa shape index (κ3) is 4.65.